The number of aliphatic hydroxyl groups is 3. The van der Waals surface area contributed by atoms with Crippen LogP contribution in [-0.2, 0) is 41.0 Å². The summed E-state index contributed by atoms with van der Waals surface area (Å²) in [6, 6.07) is 49.4. The average molecular weight is 1320 g/mol. The van der Waals surface area contributed by atoms with E-state index in [2.05, 4.69) is 121 Å². The van der Waals surface area contributed by atoms with Crippen molar-refractivity contribution < 1.29 is 57.5 Å². The number of ether oxygens (including phenoxy) is 3. The molecule has 0 aliphatic carbocycles. The van der Waals surface area contributed by atoms with Crippen LogP contribution in [-0.4, -0.2) is 123 Å². The highest BCUT2D eigenvalue weighted by Crippen LogP contribution is 2.32. The molecule has 0 saturated heterocycles. The fraction of sp³-hybridized carbons (Fsp3) is 0.432. The Kier molecular flexibility index (Phi) is 31.8. The van der Waals surface area contributed by atoms with Crippen molar-refractivity contribution in [3.8, 4) is 17.2 Å². The largest absolute Gasteiger partial charge is 0.494 e. The minimum atomic E-state index is -0.0265. The Morgan fingerprint density at radius 3 is 1.24 bits per heavy atom. The molecule has 23 heteroatoms. The van der Waals surface area contributed by atoms with Crippen LogP contribution in [0.4, 0.5) is 5.69 Å². The third-order valence-electron chi connectivity index (χ3n) is 18.6. The van der Waals surface area contributed by atoms with E-state index in [1.54, 1.807) is 0 Å². The van der Waals surface area contributed by atoms with E-state index >= 15 is 0 Å². The number of nitrogen functional groups attached to an aromatic ring is 1. The first kappa shape index (κ1) is 78.1. The molecule has 0 amide bonds. The second-order valence-corrected chi connectivity index (χ2v) is 25.2. The maximum Gasteiger partial charge on any atom is 0.328 e. The molecule has 0 radical (unpaired) electrons. The van der Waals surface area contributed by atoms with Crippen LogP contribution < -0.4 is 75.4 Å². The van der Waals surface area contributed by atoms with Gasteiger partial charge >= 0.3 is 41.5 Å². The summed E-state index contributed by atoms with van der Waals surface area (Å²) in [5, 5.41) is 26.2. The molecule has 14 rings (SSSR count). The van der Waals surface area contributed by atoms with E-state index in [9.17, 15) is 0 Å². The number of benzene rings is 7. The molecule has 7 aromatic rings. The summed E-state index contributed by atoms with van der Waals surface area (Å²) in [5.74, 6) is 2.64. The zero-order valence-corrected chi connectivity index (χ0v) is 58.1. The quantitative estimate of drug-likeness (QED) is 0.0262. The molecular formula is C74H105B7N4O12. The van der Waals surface area contributed by atoms with Gasteiger partial charge in [0, 0.05) is 64.4 Å². The molecule has 7 aliphatic rings. The van der Waals surface area contributed by atoms with Crippen LogP contribution in [0.25, 0.3) is 0 Å². The summed E-state index contributed by atoms with van der Waals surface area (Å²) in [7, 11) is 0. The molecule has 0 fully saturated rings. The van der Waals surface area contributed by atoms with Gasteiger partial charge < -0.3 is 80.4 Å². The van der Waals surface area contributed by atoms with Crippen molar-refractivity contribution in [2.45, 2.75) is 151 Å². The van der Waals surface area contributed by atoms with Crippen LogP contribution in [0.3, 0.4) is 0 Å². The SMILES string of the molecule is C.CB1CCc2ccc(N)cc21.CB1OC(CN)c2cccc(OCCCO)c21.CB1OC(CN)c2ccccc21.CB1OCc2cccc(OCCCO)c21.CB1O[C@@H](CN)c2ccccc21.CC[C@H]1OB(C)c2c(OCCCO)cccc21.CC[C@H]1OB(C)c2ccccc21. The van der Waals surface area contributed by atoms with Gasteiger partial charge in [0.25, 0.3) is 0 Å². The Bertz CT molecular complexity index is 3310. The molecule has 2 unspecified atom stereocenters. The van der Waals surface area contributed by atoms with Crippen molar-refractivity contribution in [3.63, 3.8) is 0 Å². The Balaban J connectivity index is 0.000000160. The molecule has 7 aromatic carbocycles. The lowest BCUT2D eigenvalue weighted by molar-refractivity contribution is 0.221. The maximum absolute atomic E-state index is 8.77. The molecule has 11 N–H and O–H groups in total. The number of hydrogen-bond donors (Lipinski definition) is 7. The van der Waals surface area contributed by atoms with Crippen LogP contribution in [0, 0.1) is 0 Å². The summed E-state index contributed by atoms with van der Waals surface area (Å²) in [6.45, 7) is 25.0. The van der Waals surface area contributed by atoms with E-state index in [1.165, 1.54) is 73.4 Å². The molecule has 16 nitrogen and oxygen atoms in total. The van der Waals surface area contributed by atoms with Gasteiger partial charge in [-0.25, -0.2) is 0 Å². The van der Waals surface area contributed by atoms with E-state index in [4.69, 9.17) is 80.4 Å². The Morgan fingerprint density at radius 1 is 0.412 bits per heavy atom. The van der Waals surface area contributed by atoms with E-state index < -0.39 is 0 Å². The molecule has 7 aliphatic heterocycles. The first-order valence-electron chi connectivity index (χ1n) is 34.9. The van der Waals surface area contributed by atoms with Gasteiger partial charge in [0.05, 0.1) is 56.9 Å². The highest BCUT2D eigenvalue weighted by molar-refractivity contribution is 6.74. The van der Waals surface area contributed by atoms with Gasteiger partial charge in [0.2, 0.25) is 0 Å². The molecule has 0 bridgehead atoms. The predicted octanol–water partition coefficient (Wildman–Crippen LogP) is 7.75. The number of fused-ring (bicyclic) bond motifs is 7. The van der Waals surface area contributed by atoms with Crippen molar-refractivity contribution in [1.29, 1.82) is 0 Å². The minimum absolute atomic E-state index is 0. The fourth-order valence-electron chi connectivity index (χ4n) is 13.6. The van der Waals surface area contributed by atoms with Crippen LogP contribution >= 0.6 is 0 Å². The van der Waals surface area contributed by atoms with Crippen LogP contribution in [0.5, 0.6) is 17.2 Å². The minimum Gasteiger partial charge on any atom is -0.494 e. The van der Waals surface area contributed by atoms with Crippen molar-refractivity contribution in [2.75, 3.05) is 65.0 Å². The molecule has 514 valence electrons. The van der Waals surface area contributed by atoms with Crippen LogP contribution in [0.1, 0.15) is 123 Å². The number of anilines is 1. The fourth-order valence-corrected chi connectivity index (χ4v) is 13.6. The lowest BCUT2D eigenvalue weighted by Gasteiger charge is -2.11. The Hall–Kier alpha value is -6.29. The summed E-state index contributed by atoms with van der Waals surface area (Å²) in [4.78, 5) is 0. The van der Waals surface area contributed by atoms with Crippen molar-refractivity contribution >= 4 is 92.1 Å². The first-order chi connectivity index (χ1) is 46.6. The number of aryl methyl sites for hydroxylation is 1. The predicted molar refractivity (Wildman–Crippen MR) is 407 cm³/mol. The maximum atomic E-state index is 8.77. The van der Waals surface area contributed by atoms with Gasteiger partial charge in [-0.1, -0.05) is 202 Å². The average Bonchev–Trinajstić information content (AvgIpc) is 1.72. The lowest BCUT2D eigenvalue weighted by Crippen LogP contribution is -2.26. The third kappa shape index (κ3) is 20.2. The van der Waals surface area contributed by atoms with Gasteiger partial charge in [0.1, 0.15) is 17.2 Å². The van der Waals surface area contributed by atoms with E-state index in [-0.39, 0.29) is 93.2 Å². The summed E-state index contributed by atoms with van der Waals surface area (Å²) >= 11 is 0. The standard InChI is InChI=1S/C13H19BO3.C12H18BNO3.C11H15BO3.C10H13BO.2C9H12BNO.C9H12BN.CH4/c1-3-11-10-6-4-7-12(16-9-5-8-15)13(10)14(2)17-11;1-13-12-9(11(8-14)17-13)4-2-5-10(12)16-7-3-6-15;1-12-11-9(8-15-12)4-2-5-10(11)14-7-3-6-13;1-3-10-8-6-4-5-7-9(8)11(2)12-10;2*1-10-8-5-3-2-4-7(8)9(6-11)12-10;1-10-5-4-7-2-3-8(11)6-9(7)10;/h4,6-7,11,15H,3,5,8-9H2,1-2H3;2,4-5,11,15H,3,6-8,14H2,1H3;2,4-5,13H,3,6-8H2,1H3;4-7,10H,3H2,1-2H3;2*2-5,9H,6,11H2,1H3;2-3,6H,4-5,11H2,1H3;1H4/t11-;;;10-;9-;;;/m1..10.../s1. The summed E-state index contributed by atoms with van der Waals surface area (Å²) in [6.07, 6.45) is 7.26. The molecule has 0 saturated carbocycles. The summed E-state index contributed by atoms with van der Waals surface area (Å²) < 4.78 is 51.3. The molecular weight excluding hydrogens is 1210 g/mol. The number of rotatable bonds is 17. The Labute approximate surface area is 581 Å². The Morgan fingerprint density at radius 2 is 0.784 bits per heavy atom. The van der Waals surface area contributed by atoms with Crippen LogP contribution in [0.15, 0.2) is 146 Å². The molecule has 0 spiro atoms. The van der Waals surface area contributed by atoms with Gasteiger partial charge in [-0.15, -0.1) is 0 Å². The molecule has 5 atom stereocenters. The second kappa shape index (κ2) is 39.5. The van der Waals surface area contributed by atoms with Gasteiger partial charge in [-0.05, 0) is 116 Å². The third-order valence-corrected chi connectivity index (χ3v) is 18.6. The smallest absolute Gasteiger partial charge is 0.328 e. The number of hydrogen-bond acceptors (Lipinski definition) is 16. The zero-order valence-electron chi connectivity index (χ0n) is 58.1. The van der Waals surface area contributed by atoms with E-state index in [0.29, 0.717) is 78.1 Å². The van der Waals surface area contributed by atoms with Crippen molar-refractivity contribution in [1.82, 2.24) is 0 Å². The monoisotopic (exact) mass is 1320 g/mol. The molecule has 0 aromatic heterocycles. The first-order valence-corrected chi connectivity index (χ1v) is 34.9. The van der Waals surface area contributed by atoms with Gasteiger partial charge in [-0.2, -0.15) is 0 Å². The molecule has 97 heavy (non-hydrogen) atoms. The topological polar surface area (TPSA) is 248 Å². The highest BCUT2D eigenvalue weighted by Gasteiger charge is 2.36. The highest BCUT2D eigenvalue weighted by atomic mass is 16.5. The van der Waals surface area contributed by atoms with Crippen molar-refractivity contribution in [3.05, 3.63) is 185 Å². The molecule has 7 heterocycles. The second-order valence-electron chi connectivity index (χ2n) is 25.2. The number of aliphatic hydroxyl groups excluding tert-OH is 3. The normalized spacial score (nSPS) is 18.2. The van der Waals surface area contributed by atoms with Gasteiger partial charge in [0.15, 0.2) is 6.71 Å². The number of nitrogens with two attached hydrogens (primary N) is 4. The van der Waals surface area contributed by atoms with Gasteiger partial charge in [-0.3, -0.25) is 0 Å². The summed E-state index contributed by atoms with van der Waals surface area (Å²) in [5.41, 5.74) is 41.3. The van der Waals surface area contributed by atoms with Crippen LogP contribution in [0.2, 0.25) is 54.1 Å². The lowest BCUT2D eigenvalue weighted by atomic mass is 9.48. The van der Waals surface area contributed by atoms with Crippen molar-refractivity contribution in [2.24, 2.45) is 17.2 Å². The van der Waals surface area contributed by atoms with E-state index in [1.807, 2.05) is 86.4 Å². The zero-order chi connectivity index (χ0) is 68.7. The van der Waals surface area contributed by atoms with E-state index in [0.717, 1.165) is 52.3 Å².